The summed E-state index contributed by atoms with van der Waals surface area (Å²) in [6.07, 6.45) is 3.78. The third-order valence-electron chi connectivity index (χ3n) is 3.61. The average Bonchev–Trinajstić information content (AvgIpc) is 2.72. The Kier molecular flexibility index (Phi) is 4.83. The minimum Gasteiger partial charge on any atom is -0.349 e. The van der Waals surface area contributed by atoms with Gasteiger partial charge >= 0.3 is 0 Å². The molecule has 2 rings (SSSR count). The molecule has 21 heavy (non-hydrogen) atoms. The summed E-state index contributed by atoms with van der Waals surface area (Å²) in [5.41, 5.74) is 0.754. The van der Waals surface area contributed by atoms with E-state index in [4.69, 9.17) is 0 Å². The van der Waals surface area contributed by atoms with Gasteiger partial charge in [-0.3, -0.25) is 4.79 Å². The molecule has 1 aromatic carbocycles. The van der Waals surface area contributed by atoms with Gasteiger partial charge in [-0.25, -0.2) is 8.42 Å². The zero-order valence-electron chi connectivity index (χ0n) is 12.4. The van der Waals surface area contributed by atoms with Crippen LogP contribution in [0.2, 0.25) is 0 Å². The minimum absolute atomic E-state index is 0.101. The lowest BCUT2D eigenvalue weighted by Gasteiger charge is -2.17. The molecule has 0 unspecified atom stereocenters. The van der Waals surface area contributed by atoms with Crippen molar-refractivity contribution in [1.29, 1.82) is 0 Å². The molecule has 5 heteroatoms. The van der Waals surface area contributed by atoms with Crippen LogP contribution in [0.1, 0.15) is 45.1 Å². The molecule has 0 radical (unpaired) electrons. The van der Waals surface area contributed by atoms with Crippen LogP contribution in [0, 0.1) is 0 Å². The maximum atomic E-state index is 12.4. The van der Waals surface area contributed by atoms with Gasteiger partial charge in [-0.05, 0) is 18.9 Å². The summed E-state index contributed by atoms with van der Waals surface area (Å²) in [6, 6.07) is 6.74. The van der Waals surface area contributed by atoms with Crippen LogP contribution in [0.25, 0.3) is 5.57 Å². The fourth-order valence-corrected chi connectivity index (χ4v) is 4.07. The van der Waals surface area contributed by atoms with Gasteiger partial charge in [0, 0.05) is 17.0 Å². The first kappa shape index (κ1) is 15.8. The van der Waals surface area contributed by atoms with Gasteiger partial charge < -0.3 is 5.32 Å². The lowest BCUT2D eigenvalue weighted by Crippen LogP contribution is -2.35. The molecule has 1 heterocycles. The van der Waals surface area contributed by atoms with Gasteiger partial charge in [-0.15, -0.1) is 0 Å². The molecule has 1 aromatic rings. The van der Waals surface area contributed by atoms with Crippen LogP contribution >= 0.6 is 0 Å². The number of nitrogens with one attached hydrogen (secondary N) is 1. The predicted octanol–water partition coefficient (Wildman–Crippen LogP) is 2.90. The van der Waals surface area contributed by atoms with Gasteiger partial charge in [0.15, 0.2) is 0 Å². The normalized spacial score (nSPS) is 15.7. The summed E-state index contributed by atoms with van der Waals surface area (Å²) in [4.78, 5) is 12.6. The van der Waals surface area contributed by atoms with Crippen molar-refractivity contribution in [1.82, 2.24) is 5.32 Å². The molecule has 114 valence electrons. The molecule has 1 amide bonds. The number of amides is 1. The van der Waals surface area contributed by atoms with Crippen molar-refractivity contribution in [2.24, 2.45) is 0 Å². The Morgan fingerprint density at radius 1 is 1.14 bits per heavy atom. The van der Waals surface area contributed by atoms with E-state index in [-0.39, 0.29) is 22.4 Å². The lowest BCUT2D eigenvalue weighted by molar-refractivity contribution is -0.116. The quantitative estimate of drug-likeness (QED) is 0.879. The number of hydrogen-bond donors (Lipinski definition) is 1. The summed E-state index contributed by atoms with van der Waals surface area (Å²) < 4.78 is 24.1. The third-order valence-corrected chi connectivity index (χ3v) is 5.13. The average molecular weight is 307 g/mol. The Hall–Kier alpha value is -1.62. The van der Waals surface area contributed by atoms with Crippen molar-refractivity contribution in [3.05, 3.63) is 35.2 Å². The summed E-state index contributed by atoms with van der Waals surface area (Å²) >= 11 is 0. The first-order valence-corrected chi connectivity index (χ1v) is 8.91. The first-order valence-electron chi connectivity index (χ1n) is 7.36. The Morgan fingerprint density at radius 2 is 1.76 bits per heavy atom. The zero-order chi connectivity index (χ0) is 15.5. The molecule has 4 nitrogen and oxygen atoms in total. The van der Waals surface area contributed by atoms with Gasteiger partial charge in [-0.1, -0.05) is 44.9 Å². The van der Waals surface area contributed by atoms with Gasteiger partial charge in [0.1, 0.15) is 0 Å². The highest BCUT2D eigenvalue weighted by Crippen LogP contribution is 2.33. The van der Waals surface area contributed by atoms with Crippen molar-refractivity contribution in [3.8, 4) is 0 Å². The van der Waals surface area contributed by atoms with E-state index in [1.807, 2.05) is 0 Å². The molecule has 0 saturated carbocycles. The van der Waals surface area contributed by atoms with Gasteiger partial charge in [0.25, 0.3) is 5.91 Å². The second-order valence-electron chi connectivity index (χ2n) is 5.32. The standard InChI is InChI=1S/C16H21NO3S/c1-3-7-12(8-4-2)17-16(18)14-11-21(19,20)15-10-6-5-9-13(14)15/h5-6,9-12H,3-4,7-8H2,1-2H3,(H,17,18). The highest BCUT2D eigenvalue weighted by atomic mass is 32.2. The van der Waals surface area contributed by atoms with Crippen LogP contribution in [0.4, 0.5) is 0 Å². The van der Waals surface area contributed by atoms with E-state index in [0.29, 0.717) is 5.56 Å². The second-order valence-corrected chi connectivity index (χ2v) is 7.09. The molecule has 1 N–H and O–H groups in total. The molecular formula is C16H21NO3S. The van der Waals surface area contributed by atoms with Crippen molar-refractivity contribution < 1.29 is 13.2 Å². The predicted molar refractivity (Wildman–Crippen MR) is 83.4 cm³/mol. The van der Waals surface area contributed by atoms with E-state index in [0.717, 1.165) is 31.1 Å². The SMILES string of the molecule is CCCC(CCC)NC(=O)C1=CS(=O)(=O)c2ccccc21. The summed E-state index contributed by atoms with van der Waals surface area (Å²) in [6.45, 7) is 4.15. The molecular weight excluding hydrogens is 286 g/mol. The summed E-state index contributed by atoms with van der Waals surface area (Å²) in [5, 5.41) is 4.05. The van der Waals surface area contributed by atoms with Crippen molar-refractivity contribution in [2.45, 2.75) is 50.5 Å². The van der Waals surface area contributed by atoms with Gasteiger partial charge in [-0.2, -0.15) is 0 Å². The van der Waals surface area contributed by atoms with Crippen LogP contribution in [0.5, 0.6) is 0 Å². The van der Waals surface area contributed by atoms with Gasteiger partial charge in [0.2, 0.25) is 9.84 Å². The first-order chi connectivity index (χ1) is 9.99. The largest absolute Gasteiger partial charge is 0.349 e. The molecule has 0 aliphatic carbocycles. The second kappa shape index (κ2) is 6.43. The van der Waals surface area contributed by atoms with E-state index < -0.39 is 9.84 Å². The third kappa shape index (κ3) is 3.35. The summed E-state index contributed by atoms with van der Waals surface area (Å²) in [7, 11) is -3.48. The van der Waals surface area contributed by atoms with Crippen molar-refractivity contribution >= 4 is 21.3 Å². The van der Waals surface area contributed by atoms with E-state index in [2.05, 4.69) is 19.2 Å². The van der Waals surface area contributed by atoms with Crippen LogP contribution in [0.3, 0.4) is 0 Å². The Labute approximate surface area is 126 Å². The topological polar surface area (TPSA) is 63.2 Å². The molecule has 1 aliphatic rings. The van der Waals surface area contributed by atoms with E-state index in [1.54, 1.807) is 18.2 Å². The number of rotatable bonds is 6. The fraction of sp³-hybridized carbons (Fsp3) is 0.438. The number of fused-ring (bicyclic) bond motifs is 1. The maximum absolute atomic E-state index is 12.4. The number of carbonyl (C=O) groups excluding carboxylic acids is 1. The van der Waals surface area contributed by atoms with Crippen LogP contribution < -0.4 is 5.32 Å². The molecule has 0 spiro atoms. The smallest absolute Gasteiger partial charge is 0.252 e. The molecule has 0 saturated heterocycles. The van der Waals surface area contributed by atoms with Crippen molar-refractivity contribution in [3.63, 3.8) is 0 Å². The molecule has 0 fully saturated rings. The molecule has 0 aromatic heterocycles. The zero-order valence-corrected chi connectivity index (χ0v) is 13.2. The van der Waals surface area contributed by atoms with Crippen LogP contribution in [-0.4, -0.2) is 20.4 Å². The molecule has 0 atom stereocenters. The van der Waals surface area contributed by atoms with Crippen molar-refractivity contribution in [2.75, 3.05) is 0 Å². The van der Waals surface area contributed by atoms with E-state index >= 15 is 0 Å². The highest BCUT2D eigenvalue weighted by molar-refractivity contribution is 7.95. The number of carbonyl (C=O) groups is 1. The van der Waals surface area contributed by atoms with Crippen LogP contribution in [0.15, 0.2) is 34.6 Å². The molecule has 0 bridgehead atoms. The van der Waals surface area contributed by atoms with E-state index in [9.17, 15) is 13.2 Å². The number of benzene rings is 1. The van der Waals surface area contributed by atoms with Gasteiger partial charge in [0.05, 0.1) is 10.5 Å². The van der Waals surface area contributed by atoms with Crippen LogP contribution in [-0.2, 0) is 14.6 Å². The number of hydrogen-bond acceptors (Lipinski definition) is 3. The maximum Gasteiger partial charge on any atom is 0.252 e. The highest BCUT2D eigenvalue weighted by Gasteiger charge is 2.30. The Balaban J connectivity index is 2.24. The fourth-order valence-electron chi connectivity index (χ4n) is 2.64. The van der Waals surface area contributed by atoms with E-state index in [1.165, 1.54) is 6.07 Å². The Bertz CT molecular complexity index is 656. The molecule has 1 aliphatic heterocycles. The summed E-state index contributed by atoms with van der Waals surface area (Å²) in [5.74, 6) is -0.296. The number of sulfone groups is 1. The lowest BCUT2D eigenvalue weighted by atomic mass is 10.0. The monoisotopic (exact) mass is 307 g/mol. The Morgan fingerprint density at radius 3 is 2.38 bits per heavy atom. The minimum atomic E-state index is -3.48.